The minimum atomic E-state index is -0.215. The number of ether oxygens (including phenoxy) is 1. The molecule has 0 radical (unpaired) electrons. The molecule has 1 aromatic carbocycles. The third kappa shape index (κ3) is 5.12. The molecule has 0 bridgehead atoms. The number of esters is 1. The highest BCUT2D eigenvalue weighted by molar-refractivity contribution is 5.84. The van der Waals surface area contributed by atoms with Crippen molar-refractivity contribution in [3.63, 3.8) is 0 Å². The summed E-state index contributed by atoms with van der Waals surface area (Å²) in [5, 5.41) is 0.955. The number of hydrogen-bond donors (Lipinski definition) is 1. The Bertz CT molecular complexity index is 809. The number of aromatic nitrogens is 1. The minimum Gasteiger partial charge on any atom is -0.469 e. The number of fused-ring (bicyclic) bond motifs is 1. The summed E-state index contributed by atoms with van der Waals surface area (Å²) in [6, 6.07) is 4.84. The monoisotopic (exact) mass is 388 g/mol. The Morgan fingerprint density at radius 2 is 1.86 bits per heavy atom. The van der Waals surface area contributed by atoms with E-state index in [0.29, 0.717) is 18.8 Å². The Morgan fingerprint density at radius 1 is 1.14 bits per heavy atom. The van der Waals surface area contributed by atoms with Gasteiger partial charge in [0.2, 0.25) is 5.91 Å². The third-order valence-electron chi connectivity index (χ3n) is 5.71. The molecule has 1 aliphatic rings. The van der Waals surface area contributed by atoms with Crippen molar-refractivity contribution in [2.24, 2.45) is 0 Å². The number of amides is 1. The zero-order chi connectivity index (χ0) is 19.9. The average molecular weight is 388 g/mol. The van der Waals surface area contributed by atoms with E-state index in [1.807, 2.05) is 11.1 Å². The summed E-state index contributed by atoms with van der Waals surface area (Å²) in [6.45, 7) is 1.52. The van der Waals surface area contributed by atoms with E-state index in [1.54, 1.807) is 12.1 Å². The second kappa shape index (κ2) is 9.71. The van der Waals surface area contributed by atoms with Gasteiger partial charge in [0, 0.05) is 43.0 Å². The lowest BCUT2D eigenvalue weighted by Gasteiger charge is -2.32. The molecular formula is C22H29FN2O3. The molecule has 0 spiro atoms. The smallest absolute Gasteiger partial charge is 0.305 e. The molecule has 1 aromatic heterocycles. The molecule has 1 saturated heterocycles. The van der Waals surface area contributed by atoms with E-state index in [1.165, 1.54) is 13.2 Å². The predicted octanol–water partition coefficient (Wildman–Crippen LogP) is 4.53. The Hall–Kier alpha value is -2.37. The quantitative estimate of drug-likeness (QED) is 0.534. The molecule has 6 heteroatoms. The number of halogens is 1. The molecule has 1 fully saturated rings. The molecule has 5 nitrogen and oxygen atoms in total. The molecule has 2 heterocycles. The Labute approximate surface area is 165 Å². The van der Waals surface area contributed by atoms with Crippen LogP contribution in [0.5, 0.6) is 0 Å². The van der Waals surface area contributed by atoms with E-state index in [2.05, 4.69) is 9.72 Å². The van der Waals surface area contributed by atoms with Crippen LogP contribution in [-0.2, 0) is 14.3 Å². The fourth-order valence-corrected chi connectivity index (χ4v) is 4.05. The van der Waals surface area contributed by atoms with E-state index < -0.39 is 0 Å². The van der Waals surface area contributed by atoms with Crippen LogP contribution in [0.4, 0.5) is 4.39 Å². The SMILES string of the molecule is COC(=O)CCCCCCC(=O)N1CCC(c2c[nH]c3ccc(F)cc23)CC1. The molecule has 0 atom stereocenters. The number of nitrogens with zero attached hydrogens (tertiary/aromatic N) is 1. The van der Waals surface area contributed by atoms with Gasteiger partial charge in [0.1, 0.15) is 5.82 Å². The van der Waals surface area contributed by atoms with Gasteiger partial charge >= 0.3 is 5.97 Å². The maximum atomic E-state index is 13.6. The third-order valence-corrected chi connectivity index (χ3v) is 5.71. The van der Waals surface area contributed by atoms with Crippen LogP contribution < -0.4 is 0 Å². The van der Waals surface area contributed by atoms with Crippen molar-refractivity contribution in [1.82, 2.24) is 9.88 Å². The van der Waals surface area contributed by atoms with Crippen LogP contribution in [0.3, 0.4) is 0 Å². The van der Waals surface area contributed by atoms with Gasteiger partial charge in [-0.2, -0.15) is 0 Å². The fraction of sp³-hybridized carbons (Fsp3) is 0.545. The van der Waals surface area contributed by atoms with E-state index in [-0.39, 0.29) is 17.7 Å². The van der Waals surface area contributed by atoms with E-state index in [4.69, 9.17) is 0 Å². The maximum Gasteiger partial charge on any atom is 0.305 e. The van der Waals surface area contributed by atoms with Crippen LogP contribution in [0.15, 0.2) is 24.4 Å². The van der Waals surface area contributed by atoms with E-state index in [0.717, 1.165) is 68.1 Å². The number of H-pyrrole nitrogens is 1. The highest BCUT2D eigenvalue weighted by Crippen LogP contribution is 2.33. The first-order chi connectivity index (χ1) is 13.6. The van der Waals surface area contributed by atoms with Crippen molar-refractivity contribution >= 4 is 22.8 Å². The Morgan fingerprint density at radius 3 is 2.57 bits per heavy atom. The molecular weight excluding hydrogens is 359 g/mol. The van der Waals surface area contributed by atoms with Gasteiger partial charge in [0.15, 0.2) is 0 Å². The maximum absolute atomic E-state index is 13.6. The zero-order valence-electron chi connectivity index (χ0n) is 16.5. The summed E-state index contributed by atoms with van der Waals surface area (Å²) in [4.78, 5) is 28.7. The molecule has 1 amide bonds. The van der Waals surface area contributed by atoms with Gasteiger partial charge in [-0.1, -0.05) is 12.8 Å². The van der Waals surface area contributed by atoms with Gasteiger partial charge in [-0.05, 0) is 55.4 Å². The average Bonchev–Trinajstić information content (AvgIpc) is 3.13. The van der Waals surface area contributed by atoms with Gasteiger partial charge in [-0.3, -0.25) is 9.59 Å². The van der Waals surface area contributed by atoms with Gasteiger partial charge in [-0.15, -0.1) is 0 Å². The molecule has 0 aliphatic carbocycles. The second-order valence-corrected chi connectivity index (χ2v) is 7.58. The Kier molecular flexibility index (Phi) is 7.06. The lowest BCUT2D eigenvalue weighted by atomic mass is 9.89. The van der Waals surface area contributed by atoms with Crippen molar-refractivity contribution in [2.75, 3.05) is 20.2 Å². The summed E-state index contributed by atoms with van der Waals surface area (Å²) >= 11 is 0. The van der Waals surface area contributed by atoms with Crippen molar-refractivity contribution in [1.29, 1.82) is 0 Å². The summed E-state index contributed by atoms with van der Waals surface area (Å²) < 4.78 is 18.2. The topological polar surface area (TPSA) is 62.4 Å². The van der Waals surface area contributed by atoms with Crippen LogP contribution in [0, 0.1) is 5.82 Å². The number of unbranched alkanes of at least 4 members (excludes halogenated alkanes) is 3. The van der Waals surface area contributed by atoms with Gasteiger partial charge in [0.25, 0.3) is 0 Å². The summed E-state index contributed by atoms with van der Waals surface area (Å²) in [5.74, 6) is 0.193. The fourth-order valence-electron chi connectivity index (χ4n) is 4.05. The number of hydrogen-bond acceptors (Lipinski definition) is 3. The molecule has 1 N–H and O–H groups in total. The van der Waals surface area contributed by atoms with E-state index in [9.17, 15) is 14.0 Å². The number of piperidine rings is 1. The molecule has 0 saturated carbocycles. The Balaban J connectivity index is 1.40. The summed E-state index contributed by atoms with van der Waals surface area (Å²) in [7, 11) is 1.40. The van der Waals surface area contributed by atoms with Crippen LogP contribution in [0.2, 0.25) is 0 Å². The number of methoxy groups -OCH3 is 1. The van der Waals surface area contributed by atoms with Crippen LogP contribution in [-0.4, -0.2) is 42.0 Å². The summed E-state index contributed by atoms with van der Waals surface area (Å²) in [6.07, 6.45) is 8.42. The number of benzene rings is 1. The summed E-state index contributed by atoms with van der Waals surface area (Å²) in [5.41, 5.74) is 2.12. The highest BCUT2D eigenvalue weighted by Gasteiger charge is 2.25. The predicted molar refractivity (Wildman–Crippen MR) is 107 cm³/mol. The van der Waals surface area contributed by atoms with Gasteiger partial charge in [-0.25, -0.2) is 4.39 Å². The molecule has 1 aliphatic heterocycles. The standard InChI is InChI=1S/C22H29FN2O3/c1-28-22(27)7-5-3-2-4-6-21(26)25-12-10-16(11-13-25)19-15-24-20-9-8-17(23)14-18(19)20/h8-9,14-16,24H,2-7,10-13H2,1H3. The molecule has 3 rings (SSSR count). The number of rotatable bonds is 8. The van der Waals surface area contributed by atoms with Crippen molar-refractivity contribution < 1.29 is 18.7 Å². The number of nitrogens with one attached hydrogen (secondary N) is 1. The lowest BCUT2D eigenvalue weighted by molar-refractivity contribution is -0.140. The van der Waals surface area contributed by atoms with Crippen LogP contribution in [0.25, 0.3) is 10.9 Å². The number of aromatic amines is 1. The highest BCUT2D eigenvalue weighted by atomic mass is 19.1. The van der Waals surface area contributed by atoms with Crippen molar-refractivity contribution in [3.8, 4) is 0 Å². The minimum absolute atomic E-state index is 0.170. The molecule has 0 unspecified atom stereocenters. The van der Waals surface area contributed by atoms with Crippen LogP contribution >= 0.6 is 0 Å². The largest absolute Gasteiger partial charge is 0.469 e. The first-order valence-corrected chi connectivity index (χ1v) is 10.2. The van der Waals surface area contributed by atoms with E-state index >= 15 is 0 Å². The van der Waals surface area contributed by atoms with Gasteiger partial charge in [0.05, 0.1) is 7.11 Å². The van der Waals surface area contributed by atoms with Crippen LogP contribution in [0.1, 0.15) is 62.8 Å². The number of carbonyl (C=O) groups excluding carboxylic acids is 2. The first kappa shape index (κ1) is 20.4. The first-order valence-electron chi connectivity index (χ1n) is 10.2. The van der Waals surface area contributed by atoms with Crippen molar-refractivity contribution in [3.05, 3.63) is 35.8 Å². The molecule has 152 valence electrons. The zero-order valence-corrected chi connectivity index (χ0v) is 16.5. The molecule has 28 heavy (non-hydrogen) atoms. The lowest BCUT2D eigenvalue weighted by Crippen LogP contribution is -2.37. The normalized spacial score (nSPS) is 15.1. The van der Waals surface area contributed by atoms with Crippen molar-refractivity contribution in [2.45, 2.75) is 57.3 Å². The number of carbonyl (C=O) groups is 2. The second-order valence-electron chi connectivity index (χ2n) is 7.58. The number of likely N-dealkylation sites (tertiary alicyclic amines) is 1. The molecule has 2 aromatic rings. The van der Waals surface area contributed by atoms with Gasteiger partial charge < -0.3 is 14.6 Å².